The average Bonchev–Trinajstić information content (AvgIpc) is 1.83. The summed E-state index contributed by atoms with van der Waals surface area (Å²) in [5.41, 5.74) is 5.06. The van der Waals surface area contributed by atoms with Gasteiger partial charge in [0.2, 0.25) is 0 Å². The molecular formula is C5H10NO4P. The van der Waals surface area contributed by atoms with E-state index in [4.69, 9.17) is 15.5 Å². The molecule has 6 heteroatoms. The van der Waals surface area contributed by atoms with Crippen molar-refractivity contribution < 1.29 is 19.1 Å². The summed E-state index contributed by atoms with van der Waals surface area (Å²) in [5, 5.41) is -2.14. The lowest BCUT2D eigenvalue weighted by atomic mass is 10.2. The topological polar surface area (TPSA) is 101 Å². The predicted molar refractivity (Wildman–Crippen MR) is 39.8 cm³/mol. The van der Waals surface area contributed by atoms with Gasteiger partial charge in [-0.2, -0.15) is 0 Å². The van der Waals surface area contributed by atoms with E-state index < -0.39 is 18.7 Å². The highest BCUT2D eigenvalue weighted by molar-refractivity contribution is 7.54. The lowest BCUT2D eigenvalue weighted by molar-refractivity contribution is -0.116. The quantitative estimate of drug-likeness (QED) is 0.404. The summed E-state index contributed by atoms with van der Waals surface area (Å²) in [7, 11) is -4.58. The van der Waals surface area contributed by atoms with Gasteiger partial charge >= 0.3 is 7.60 Å². The minimum absolute atomic E-state index is 0.791. The van der Waals surface area contributed by atoms with E-state index in [2.05, 4.69) is 6.58 Å². The molecule has 5 nitrogen and oxygen atoms in total. The van der Waals surface area contributed by atoms with Gasteiger partial charge in [0.25, 0.3) is 0 Å². The van der Waals surface area contributed by atoms with Gasteiger partial charge in [-0.15, -0.1) is 0 Å². The monoisotopic (exact) mass is 179 g/mol. The van der Waals surface area contributed by atoms with E-state index in [1.165, 1.54) is 0 Å². The Hall–Kier alpha value is -0.480. The van der Waals surface area contributed by atoms with Crippen molar-refractivity contribution in [3.63, 3.8) is 0 Å². The molecule has 0 fully saturated rings. The molecule has 0 bridgehead atoms. The molecule has 0 radical (unpaired) electrons. The molecule has 0 aromatic carbocycles. The maximum atomic E-state index is 10.7. The van der Waals surface area contributed by atoms with Crippen molar-refractivity contribution in [2.24, 2.45) is 5.73 Å². The molecule has 0 aromatic rings. The van der Waals surface area contributed by atoms with Gasteiger partial charge in [0, 0.05) is 0 Å². The zero-order valence-electron chi connectivity index (χ0n) is 6.02. The predicted octanol–water partition coefficient (Wildman–Crippen LogP) is -0.406. The smallest absolute Gasteiger partial charge is 0.323 e. The van der Waals surface area contributed by atoms with Crippen LogP contribution in [0, 0.1) is 0 Å². The first kappa shape index (κ1) is 10.5. The molecule has 0 aliphatic heterocycles. The van der Waals surface area contributed by atoms with E-state index in [-0.39, 0.29) is 0 Å². The minimum atomic E-state index is -4.58. The van der Waals surface area contributed by atoms with Crippen LogP contribution in [-0.2, 0) is 9.36 Å². The molecular weight excluding hydrogens is 169 g/mol. The molecule has 0 saturated heterocycles. The van der Waals surface area contributed by atoms with Crippen LogP contribution in [-0.4, -0.2) is 20.9 Å². The number of nitrogens with two attached hydrogens (primary N) is 1. The molecule has 64 valence electrons. The van der Waals surface area contributed by atoms with Crippen LogP contribution < -0.4 is 5.73 Å². The Balaban J connectivity index is 4.89. The van der Waals surface area contributed by atoms with E-state index in [0.717, 1.165) is 13.0 Å². The van der Waals surface area contributed by atoms with Crippen molar-refractivity contribution in [3.05, 3.63) is 12.7 Å². The summed E-state index contributed by atoms with van der Waals surface area (Å²) >= 11 is 0. The number of hydrogen-bond acceptors (Lipinski definition) is 3. The van der Waals surface area contributed by atoms with Crippen molar-refractivity contribution in [2.75, 3.05) is 0 Å². The molecule has 0 saturated carbocycles. The zero-order valence-corrected chi connectivity index (χ0v) is 6.91. The third kappa shape index (κ3) is 1.97. The molecule has 0 heterocycles. The Morgan fingerprint density at radius 3 is 2.18 bits per heavy atom. The fraction of sp³-hybridized carbons (Fsp3) is 0.400. The number of carbonyl (C=O) groups is 1. The SMILES string of the molecule is C=CC(=O)C(C)(N)P(=O)(O)O. The van der Waals surface area contributed by atoms with Crippen molar-refractivity contribution in [2.45, 2.75) is 12.2 Å². The second kappa shape index (κ2) is 2.87. The van der Waals surface area contributed by atoms with Crippen LogP contribution in [0.15, 0.2) is 12.7 Å². The number of carbonyl (C=O) groups excluding carboxylic acids is 1. The first-order chi connectivity index (χ1) is 4.73. The van der Waals surface area contributed by atoms with Crippen LogP contribution in [0.4, 0.5) is 0 Å². The van der Waals surface area contributed by atoms with Crippen molar-refractivity contribution >= 4 is 13.4 Å². The van der Waals surface area contributed by atoms with Crippen LogP contribution in [0.2, 0.25) is 0 Å². The Kier molecular flexibility index (Phi) is 2.74. The number of rotatable bonds is 3. The summed E-state index contributed by atoms with van der Waals surface area (Å²) in [4.78, 5) is 27.9. The first-order valence-electron chi connectivity index (χ1n) is 2.75. The first-order valence-corrected chi connectivity index (χ1v) is 4.36. The lowest BCUT2D eigenvalue weighted by Gasteiger charge is -2.21. The van der Waals surface area contributed by atoms with Gasteiger partial charge in [0.1, 0.15) is 0 Å². The Bertz CT molecular complexity index is 229. The molecule has 4 N–H and O–H groups in total. The van der Waals surface area contributed by atoms with Crippen LogP contribution in [0.5, 0.6) is 0 Å². The number of hydrogen-bond donors (Lipinski definition) is 3. The Labute approximate surface area is 64.1 Å². The Morgan fingerprint density at radius 1 is 1.73 bits per heavy atom. The number of ketones is 1. The minimum Gasteiger partial charge on any atom is -0.323 e. The van der Waals surface area contributed by atoms with E-state index in [0.29, 0.717) is 0 Å². The van der Waals surface area contributed by atoms with Gasteiger partial charge in [-0.05, 0) is 13.0 Å². The van der Waals surface area contributed by atoms with Crippen LogP contribution in [0.1, 0.15) is 6.92 Å². The second-order valence-electron chi connectivity index (χ2n) is 2.26. The van der Waals surface area contributed by atoms with E-state index >= 15 is 0 Å². The van der Waals surface area contributed by atoms with Crippen LogP contribution in [0.25, 0.3) is 0 Å². The van der Waals surface area contributed by atoms with Gasteiger partial charge in [-0.3, -0.25) is 9.36 Å². The third-order valence-corrected chi connectivity index (χ3v) is 2.72. The molecule has 0 spiro atoms. The lowest BCUT2D eigenvalue weighted by Crippen LogP contribution is -2.43. The van der Waals surface area contributed by atoms with Gasteiger partial charge in [-0.25, -0.2) is 0 Å². The molecule has 1 unspecified atom stereocenters. The third-order valence-electron chi connectivity index (χ3n) is 1.29. The van der Waals surface area contributed by atoms with E-state index in [1.807, 2.05) is 0 Å². The molecule has 1 atom stereocenters. The summed E-state index contributed by atoms with van der Waals surface area (Å²) < 4.78 is 10.6. The molecule has 0 aliphatic carbocycles. The van der Waals surface area contributed by atoms with Crippen LogP contribution >= 0.6 is 7.60 Å². The van der Waals surface area contributed by atoms with Gasteiger partial charge in [0.15, 0.2) is 11.1 Å². The molecule has 11 heavy (non-hydrogen) atoms. The zero-order chi connectivity index (χ0) is 9.28. The maximum absolute atomic E-state index is 10.7. The molecule has 0 aliphatic rings. The van der Waals surface area contributed by atoms with E-state index in [9.17, 15) is 9.36 Å². The summed E-state index contributed by atoms with van der Waals surface area (Å²) in [6, 6.07) is 0. The maximum Gasteiger partial charge on any atom is 0.352 e. The normalized spacial score (nSPS) is 17.1. The second-order valence-corrected chi connectivity index (χ2v) is 4.28. The summed E-state index contributed by atoms with van der Waals surface area (Å²) in [6.07, 6.45) is 0.791. The standard InChI is InChI=1S/C5H10NO4P/c1-3-4(7)5(2,6)11(8,9)10/h3H,1,6H2,2H3,(H2,8,9,10). The van der Waals surface area contributed by atoms with Crippen molar-refractivity contribution in [3.8, 4) is 0 Å². The highest BCUT2D eigenvalue weighted by Gasteiger charge is 2.43. The molecule has 0 aromatic heterocycles. The highest BCUT2D eigenvalue weighted by atomic mass is 31.2. The average molecular weight is 179 g/mol. The van der Waals surface area contributed by atoms with Crippen molar-refractivity contribution in [1.82, 2.24) is 0 Å². The van der Waals surface area contributed by atoms with Crippen molar-refractivity contribution in [1.29, 1.82) is 0 Å². The highest BCUT2D eigenvalue weighted by Crippen LogP contribution is 2.47. The summed E-state index contributed by atoms with van der Waals surface area (Å²) in [5.74, 6) is -0.870. The van der Waals surface area contributed by atoms with Gasteiger partial charge in [-0.1, -0.05) is 6.58 Å². The molecule has 0 rings (SSSR count). The van der Waals surface area contributed by atoms with Crippen LogP contribution in [0.3, 0.4) is 0 Å². The largest absolute Gasteiger partial charge is 0.352 e. The molecule has 0 amide bonds. The van der Waals surface area contributed by atoms with Gasteiger partial charge in [0.05, 0.1) is 0 Å². The van der Waals surface area contributed by atoms with E-state index in [1.54, 1.807) is 0 Å². The Morgan fingerprint density at radius 2 is 2.09 bits per heavy atom. The fourth-order valence-corrected chi connectivity index (χ4v) is 0.729. The van der Waals surface area contributed by atoms with Gasteiger partial charge < -0.3 is 15.5 Å². The summed E-state index contributed by atoms with van der Waals surface area (Å²) in [6.45, 7) is 4.04. The fourth-order valence-electron chi connectivity index (χ4n) is 0.350.